The molecule has 286 valence electrons. The number of hydrazine groups is 1. The number of nitrogens with zero attached hydrogens (tertiary/aromatic N) is 3. The van der Waals surface area contributed by atoms with E-state index < -0.39 is 0 Å². The molecule has 0 radical (unpaired) electrons. The predicted molar refractivity (Wildman–Crippen MR) is 212 cm³/mol. The molecule has 10 heteroatoms. The number of hydrogen-bond donors (Lipinski definition) is 0. The molecule has 6 aliphatic rings. The second-order valence-corrected chi connectivity index (χ2v) is 14.5. The van der Waals surface area contributed by atoms with E-state index >= 15 is 0 Å². The van der Waals surface area contributed by atoms with Crippen LogP contribution in [-0.4, -0.2) is 70.4 Å². The van der Waals surface area contributed by atoms with Gasteiger partial charge in [-0.25, -0.2) is 10.0 Å². The smallest absolute Gasteiger partial charge is 0.248 e. The molecule has 0 saturated heterocycles. The van der Waals surface area contributed by atoms with E-state index in [1.807, 2.05) is 65.7 Å². The quantitative estimate of drug-likeness (QED) is 0.258. The Morgan fingerprint density at radius 2 is 1.65 bits per heavy atom. The minimum atomic E-state index is -0.325. The first-order chi connectivity index (χ1) is 26.9. The number of anilines is 1. The minimum Gasteiger partial charge on any atom is -0.493 e. The number of amides is 1. The Balaban J connectivity index is 1.37. The molecule has 7 bridgehead atoms. The van der Waals surface area contributed by atoms with Crippen molar-refractivity contribution in [3.63, 3.8) is 0 Å². The van der Waals surface area contributed by atoms with Crippen LogP contribution < -0.4 is 28.7 Å². The first-order valence-corrected chi connectivity index (χ1v) is 19.1. The van der Waals surface area contributed by atoms with Crippen LogP contribution in [0.3, 0.4) is 0 Å². The molecular weight excluding hydrogens is 695 g/mol. The van der Waals surface area contributed by atoms with Gasteiger partial charge in [0.05, 0.1) is 46.1 Å². The highest BCUT2D eigenvalue weighted by Gasteiger charge is 2.44. The maximum Gasteiger partial charge on any atom is 0.248 e. The number of allylic oxidation sites excluding steroid dienone is 5. The van der Waals surface area contributed by atoms with E-state index in [4.69, 9.17) is 28.4 Å². The van der Waals surface area contributed by atoms with Gasteiger partial charge in [0.2, 0.25) is 11.7 Å². The predicted octanol–water partition coefficient (Wildman–Crippen LogP) is 8.04. The largest absolute Gasteiger partial charge is 0.493 e. The molecule has 10 nitrogen and oxygen atoms in total. The molecular formula is C45H49N3O7. The number of methoxy groups -OCH3 is 4. The lowest BCUT2D eigenvalue weighted by Crippen LogP contribution is -2.56. The van der Waals surface area contributed by atoms with E-state index in [1.165, 1.54) is 5.56 Å². The normalized spacial score (nSPS) is 22.6. The summed E-state index contributed by atoms with van der Waals surface area (Å²) in [5.74, 6) is 4.25. The van der Waals surface area contributed by atoms with Gasteiger partial charge < -0.3 is 28.4 Å². The van der Waals surface area contributed by atoms with Crippen LogP contribution in [-0.2, 0) is 28.8 Å². The minimum absolute atomic E-state index is 0.0115. The Hall–Kier alpha value is -5.45. The maximum atomic E-state index is 14.8. The van der Waals surface area contributed by atoms with E-state index in [0.29, 0.717) is 71.8 Å². The molecule has 3 aromatic carbocycles. The summed E-state index contributed by atoms with van der Waals surface area (Å²) in [6.45, 7) is 1.49. The number of benzene rings is 3. The molecule has 5 aliphatic heterocycles. The number of carbonyl (C=O) groups excluding carboxylic acids is 1. The van der Waals surface area contributed by atoms with Crippen LogP contribution in [0.15, 0.2) is 103 Å². The van der Waals surface area contributed by atoms with Gasteiger partial charge in [0.15, 0.2) is 34.5 Å². The van der Waals surface area contributed by atoms with E-state index in [1.54, 1.807) is 28.4 Å². The third kappa shape index (κ3) is 7.00. The second-order valence-electron chi connectivity index (χ2n) is 14.5. The molecule has 3 aromatic rings. The fourth-order valence-electron chi connectivity index (χ4n) is 8.38. The summed E-state index contributed by atoms with van der Waals surface area (Å²) in [6, 6.07) is 14.1. The van der Waals surface area contributed by atoms with Crippen molar-refractivity contribution in [2.45, 2.75) is 50.6 Å². The summed E-state index contributed by atoms with van der Waals surface area (Å²) in [5.41, 5.74) is 4.95. The monoisotopic (exact) mass is 743 g/mol. The first kappa shape index (κ1) is 36.5. The van der Waals surface area contributed by atoms with E-state index in [9.17, 15) is 4.79 Å². The second kappa shape index (κ2) is 15.7. The maximum absolute atomic E-state index is 14.8. The Kier molecular flexibility index (Phi) is 10.4. The Morgan fingerprint density at radius 1 is 0.818 bits per heavy atom. The van der Waals surface area contributed by atoms with E-state index in [2.05, 4.69) is 47.3 Å². The zero-order valence-electron chi connectivity index (χ0n) is 32.2. The molecule has 0 N–H and O–H groups in total. The topological polar surface area (TPSA) is 82.2 Å². The van der Waals surface area contributed by atoms with Gasteiger partial charge in [0.1, 0.15) is 5.75 Å². The molecule has 0 spiro atoms. The zero-order valence-corrected chi connectivity index (χ0v) is 32.2. The molecule has 1 amide bonds. The summed E-state index contributed by atoms with van der Waals surface area (Å²) in [5, 5.41) is 4.07. The van der Waals surface area contributed by atoms with Gasteiger partial charge in [0.25, 0.3) is 0 Å². The van der Waals surface area contributed by atoms with Crippen LogP contribution >= 0.6 is 0 Å². The van der Waals surface area contributed by atoms with E-state index in [0.717, 1.165) is 48.2 Å². The molecule has 0 fully saturated rings. The fourth-order valence-corrected chi connectivity index (χ4v) is 8.38. The van der Waals surface area contributed by atoms with Crippen LogP contribution in [0.2, 0.25) is 0 Å². The average Bonchev–Trinajstić information content (AvgIpc) is 3.22. The summed E-state index contributed by atoms with van der Waals surface area (Å²) in [7, 11) is 8.75. The highest BCUT2D eigenvalue weighted by atomic mass is 16.5. The first-order valence-electron chi connectivity index (χ1n) is 19.1. The molecule has 3 atom stereocenters. The number of fused-ring (bicyclic) bond motifs is 3. The van der Waals surface area contributed by atoms with Crippen molar-refractivity contribution < 1.29 is 33.2 Å². The molecule has 55 heavy (non-hydrogen) atoms. The van der Waals surface area contributed by atoms with Gasteiger partial charge in [-0.15, -0.1) is 0 Å². The van der Waals surface area contributed by atoms with Crippen molar-refractivity contribution >= 4 is 11.6 Å². The molecule has 5 heterocycles. The van der Waals surface area contributed by atoms with Crippen molar-refractivity contribution in [3.05, 3.63) is 125 Å². The summed E-state index contributed by atoms with van der Waals surface area (Å²) in [6.07, 6.45) is 20.8. The van der Waals surface area contributed by atoms with Gasteiger partial charge in [-0.1, -0.05) is 48.6 Å². The lowest BCUT2D eigenvalue weighted by Gasteiger charge is -2.49. The molecule has 1 aliphatic carbocycles. The third-order valence-corrected chi connectivity index (χ3v) is 11.3. The lowest BCUT2D eigenvalue weighted by atomic mass is 9.85. The molecule has 9 rings (SSSR count). The standard InChI is InChI=1S/C45H49N3O7/c1-46-23-10-9-13-37(50-2)38-21-18-33(46)17-14-29-15-19-34(20-16-29)54-40-27-32-25-36-42-31(26-41(52-4)43(53-5)44(42)55-38)22-24-47(36)48(35(32)28-39(40)51-3)45(49)30-11-7-6-8-12-30/h6-9,11,13,15-16,18-21,26-28,30,33,36H,10,12,14,17,22-25H2,1-5H3/b13-9?,21-18+,38-37?/t30?,33-,36-/m0/s1. The number of hydrogen-bond acceptors (Lipinski definition) is 9. The Labute approximate surface area is 323 Å². The van der Waals surface area contributed by atoms with Crippen molar-refractivity contribution in [1.82, 2.24) is 9.91 Å². The van der Waals surface area contributed by atoms with Crippen LogP contribution in [0.25, 0.3) is 0 Å². The molecule has 0 saturated carbocycles. The van der Waals surface area contributed by atoms with Gasteiger partial charge in [-0.2, -0.15) is 0 Å². The number of ether oxygens (including phenoxy) is 6. The average molecular weight is 744 g/mol. The highest BCUT2D eigenvalue weighted by molar-refractivity contribution is 5.97. The number of aryl methyl sites for hydroxylation is 1. The molecule has 1 unspecified atom stereocenters. The van der Waals surface area contributed by atoms with Gasteiger partial charge >= 0.3 is 0 Å². The lowest BCUT2D eigenvalue weighted by molar-refractivity contribution is -0.125. The van der Waals surface area contributed by atoms with Crippen LogP contribution in [0.1, 0.15) is 47.6 Å². The van der Waals surface area contributed by atoms with Gasteiger partial charge in [0, 0.05) is 30.8 Å². The van der Waals surface area contributed by atoms with Gasteiger partial charge in [-0.3, -0.25) is 9.69 Å². The Morgan fingerprint density at radius 3 is 2.40 bits per heavy atom. The van der Waals surface area contributed by atoms with Crippen molar-refractivity contribution in [2.24, 2.45) is 5.92 Å². The fraction of sp³-hybridized carbons (Fsp3) is 0.356. The van der Waals surface area contributed by atoms with Crippen molar-refractivity contribution in [3.8, 4) is 34.5 Å². The summed E-state index contributed by atoms with van der Waals surface area (Å²) >= 11 is 0. The van der Waals surface area contributed by atoms with Crippen molar-refractivity contribution in [2.75, 3.05) is 53.6 Å². The summed E-state index contributed by atoms with van der Waals surface area (Å²) < 4.78 is 37.7. The number of carbonyl (C=O) groups is 1. The van der Waals surface area contributed by atoms with E-state index in [-0.39, 0.29) is 23.9 Å². The molecule has 0 aromatic heterocycles. The SMILES string of the molecule is COC1=C2/C=C/[C@H](CCc3ccc(cc3)Oc3cc4c(cc3OC)N(C(=O)C3C=CC=CC3)N3CCc5cc(OC)c(OC)c(c5[C@@H]3C4)O2)N(C)CCC=C1. The van der Waals surface area contributed by atoms with Crippen molar-refractivity contribution in [1.29, 1.82) is 0 Å². The zero-order chi connectivity index (χ0) is 38.1. The van der Waals surface area contributed by atoms with Gasteiger partial charge in [-0.05, 0) is 98.7 Å². The Bertz CT molecular complexity index is 2100. The van der Waals surface area contributed by atoms with Crippen LogP contribution in [0.4, 0.5) is 5.69 Å². The third-order valence-electron chi connectivity index (χ3n) is 11.3. The number of likely N-dealkylation sites (N-methyl/N-ethyl adjacent to an activating group) is 1. The number of rotatable bonds is 5. The van der Waals surface area contributed by atoms with Crippen LogP contribution in [0.5, 0.6) is 34.5 Å². The highest BCUT2D eigenvalue weighted by Crippen LogP contribution is 2.53. The summed E-state index contributed by atoms with van der Waals surface area (Å²) in [4.78, 5) is 17.2. The van der Waals surface area contributed by atoms with Crippen LogP contribution in [0, 0.1) is 5.92 Å².